The lowest BCUT2D eigenvalue weighted by Crippen LogP contribution is -2.35. The lowest BCUT2D eigenvalue weighted by molar-refractivity contribution is -0.123. The van der Waals surface area contributed by atoms with Gasteiger partial charge in [0.05, 0.1) is 5.41 Å². The number of halogens is 1. The van der Waals surface area contributed by atoms with Gasteiger partial charge in [-0.15, -0.1) is 11.6 Å². The minimum Gasteiger partial charge on any atom is -0.355 e. The molecule has 1 N–H and O–H groups in total. The Morgan fingerprint density at radius 1 is 1.41 bits per heavy atom. The van der Waals surface area contributed by atoms with E-state index in [1.807, 2.05) is 37.3 Å². The molecule has 0 aliphatic heterocycles. The summed E-state index contributed by atoms with van der Waals surface area (Å²) >= 11 is 5.86. The molecule has 2 rings (SSSR count). The van der Waals surface area contributed by atoms with Crippen molar-refractivity contribution < 1.29 is 4.79 Å². The summed E-state index contributed by atoms with van der Waals surface area (Å²) in [6, 6.07) is 10.0. The number of hydrogen-bond donors (Lipinski definition) is 1. The predicted molar refractivity (Wildman–Crippen MR) is 70.3 cm³/mol. The molecule has 0 radical (unpaired) electrons. The van der Waals surface area contributed by atoms with Gasteiger partial charge < -0.3 is 5.32 Å². The predicted octanol–water partition coefficient (Wildman–Crippen LogP) is 2.85. The van der Waals surface area contributed by atoms with Gasteiger partial charge in [-0.05, 0) is 31.7 Å². The second-order valence-corrected chi connectivity index (χ2v) is 5.52. The number of nitrogens with one attached hydrogen (secondary N) is 1. The Morgan fingerprint density at radius 3 is 2.59 bits per heavy atom. The van der Waals surface area contributed by atoms with Crippen molar-refractivity contribution in [1.82, 2.24) is 5.32 Å². The van der Waals surface area contributed by atoms with E-state index in [9.17, 15) is 4.79 Å². The lowest BCUT2D eigenvalue weighted by atomic mass is 9.95. The maximum Gasteiger partial charge on any atom is 0.230 e. The molecule has 0 aromatic heterocycles. The van der Waals surface area contributed by atoms with E-state index in [1.165, 1.54) is 0 Å². The fraction of sp³-hybridized carbons (Fsp3) is 0.500. The van der Waals surface area contributed by atoms with Gasteiger partial charge >= 0.3 is 0 Å². The van der Waals surface area contributed by atoms with Gasteiger partial charge in [0.25, 0.3) is 0 Å². The standard InChI is InChI=1S/C14H18ClNO/c1-11(15)7-10-16-13(17)14(8-9-14)12-5-3-2-4-6-12/h2-6,11H,7-10H2,1H3,(H,16,17). The van der Waals surface area contributed by atoms with Gasteiger partial charge in [0.15, 0.2) is 0 Å². The molecule has 2 nitrogen and oxygen atoms in total. The van der Waals surface area contributed by atoms with Crippen LogP contribution in [-0.4, -0.2) is 17.8 Å². The smallest absolute Gasteiger partial charge is 0.230 e. The summed E-state index contributed by atoms with van der Waals surface area (Å²) in [5.74, 6) is 0.154. The van der Waals surface area contributed by atoms with Crippen LogP contribution in [0.2, 0.25) is 0 Å². The third-order valence-corrected chi connectivity index (χ3v) is 3.56. The van der Waals surface area contributed by atoms with Gasteiger partial charge in [0.1, 0.15) is 0 Å². The second kappa shape index (κ2) is 5.09. The summed E-state index contributed by atoms with van der Waals surface area (Å²) in [7, 11) is 0. The summed E-state index contributed by atoms with van der Waals surface area (Å²) in [6.07, 6.45) is 2.73. The van der Waals surface area contributed by atoms with E-state index in [4.69, 9.17) is 11.6 Å². The van der Waals surface area contributed by atoms with Crippen molar-refractivity contribution in [3.05, 3.63) is 35.9 Å². The van der Waals surface area contributed by atoms with Crippen molar-refractivity contribution in [3.8, 4) is 0 Å². The number of alkyl halides is 1. The molecule has 1 unspecified atom stereocenters. The van der Waals surface area contributed by atoms with E-state index < -0.39 is 0 Å². The molecule has 1 aromatic carbocycles. The van der Waals surface area contributed by atoms with Crippen LogP contribution in [0, 0.1) is 0 Å². The van der Waals surface area contributed by atoms with Gasteiger partial charge in [-0.2, -0.15) is 0 Å². The molecule has 1 aliphatic carbocycles. The summed E-state index contributed by atoms with van der Waals surface area (Å²) in [5.41, 5.74) is 0.882. The zero-order chi connectivity index (χ0) is 12.3. The Hall–Kier alpha value is -1.02. The molecule has 3 heteroatoms. The Kier molecular flexibility index (Phi) is 3.72. The maximum atomic E-state index is 12.2. The van der Waals surface area contributed by atoms with Crippen LogP contribution in [0.3, 0.4) is 0 Å². The van der Waals surface area contributed by atoms with Crippen molar-refractivity contribution in [1.29, 1.82) is 0 Å². The van der Waals surface area contributed by atoms with Crippen molar-refractivity contribution in [2.24, 2.45) is 0 Å². The van der Waals surface area contributed by atoms with E-state index >= 15 is 0 Å². The van der Waals surface area contributed by atoms with Gasteiger partial charge in [-0.3, -0.25) is 4.79 Å². The minimum absolute atomic E-state index is 0.113. The minimum atomic E-state index is -0.253. The third kappa shape index (κ3) is 2.81. The molecule has 92 valence electrons. The molecule has 1 saturated carbocycles. The van der Waals surface area contributed by atoms with Crippen LogP contribution in [0.1, 0.15) is 31.7 Å². The largest absolute Gasteiger partial charge is 0.355 e. The SMILES string of the molecule is CC(Cl)CCNC(=O)C1(c2ccccc2)CC1. The molecule has 1 fully saturated rings. The fourth-order valence-corrected chi connectivity index (χ4v) is 2.19. The zero-order valence-electron chi connectivity index (χ0n) is 10.1. The van der Waals surface area contributed by atoms with Crippen LogP contribution in [0.25, 0.3) is 0 Å². The Bertz CT molecular complexity index is 384. The van der Waals surface area contributed by atoms with E-state index in [1.54, 1.807) is 0 Å². The van der Waals surface area contributed by atoms with Gasteiger partial charge in [-0.1, -0.05) is 30.3 Å². The first-order valence-electron chi connectivity index (χ1n) is 6.13. The normalized spacial score (nSPS) is 18.5. The van der Waals surface area contributed by atoms with E-state index in [0.717, 1.165) is 24.8 Å². The van der Waals surface area contributed by atoms with E-state index in [0.29, 0.717) is 6.54 Å². The highest BCUT2D eigenvalue weighted by atomic mass is 35.5. The molecule has 0 spiro atoms. The molecule has 17 heavy (non-hydrogen) atoms. The summed E-state index contributed by atoms with van der Waals surface area (Å²) in [6.45, 7) is 2.61. The third-order valence-electron chi connectivity index (χ3n) is 3.34. The molecular weight excluding hydrogens is 234 g/mol. The first-order chi connectivity index (χ1) is 8.15. The molecule has 1 atom stereocenters. The van der Waals surface area contributed by atoms with Crippen molar-refractivity contribution >= 4 is 17.5 Å². The molecule has 0 heterocycles. The number of carbonyl (C=O) groups is 1. The fourth-order valence-electron chi connectivity index (χ4n) is 2.08. The Morgan fingerprint density at radius 2 is 2.06 bits per heavy atom. The number of benzene rings is 1. The van der Waals surface area contributed by atoms with Crippen LogP contribution in [0.15, 0.2) is 30.3 Å². The monoisotopic (exact) mass is 251 g/mol. The molecule has 1 aliphatic rings. The highest BCUT2D eigenvalue weighted by Gasteiger charge is 2.50. The molecule has 1 amide bonds. The average Bonchev–Trinajstić information content (AvgIpc) is 3.11. The number of carbonyl (C=O) groups excluding carboxylic acids is 1. The van der Waals surface area contributed by atoms with Crippen LogP contribution < -0.4 is 5.32 Å². The van der Waals surface area contributed by atoms with Gasteiger partial charge in [0.2, 0.25) is 5.91 Å². The summed E-state index contributed by atoms with van der Waals surface area (Å²) in [4.78, 5) is 12.2. The van der Waals surface area contributed by atoms with Crippen molar-refractivity contribution in [2.75, 3.05) is 6.54 Å². The average molecular weight is 252 g/mol. The van der Waals surface area contributed by atoms with Crippen LogP contribution in [0.4, 0.5) is 0 Å². The molecule has 0 bridgehead atoms. The van der Waals surface area contributed by atoms with Crippen LogP contribution >= 0.6 is 11.6 Å². The number of rotatable bonds is 5. The van der Waals surface area contributed by atoms with Gasteiger partial charge in [0, 0.05) is 11.9 Å². The zero-order valence-corrected chi connectivity index (χ0v) is 10.8. The molecule has 1 aromatic rings. The number of hydrogen-bond acceptors (Lipinski definition) is 1. The van der Waals surface area contributed by atoms with Gasteiger partial charge in [-0.25, -0.2) is 0 Å². The first kappa shape index (κ1) is 12.4. The first-order valence-corrected chi connectivity index (χ1v) is 6.57. The number of amides is 1. The van der Waals surface area contributed by atoms with E-state index in [-0.39, 0.29) is 16.7 Å². The maximum absolute atomic E-state index is 12.2. The van der Waals surface area contributed by atoms with Crippen LogP contribution in [0.5, 0.6) is 0 Å². The van der Waals surface area contributed by atoms with E-state index in [2.05, 4.69) is 5.32 Å². The Balaban J connectivity index is 1.95. The summed E-state index contributed by atoms with van der Waals surface area (Å²) < 4.78 is 0. The van der Waals surface area contributed by atoms with Crippen LogP contribution in [-0.2, 0) is 10.2 Å². The quantitative estimate of drug-likeness (QED) is 0.801. The highest BCUT2D eigenvalue weighted by Crippen LogP contribution is 2.48. The lowest BCUT2D eigenvalue weighted by Gasteiger charge is -2.16. The van der Waals surface area contributed by atoms with Crippen molar-refractivity contribution in [3.63, 3.8) is 0 Å². The molecular formula is C14H18ClNO. The Labute approximate surface area is 107 Å². The summed E-state index contributed by atoms with van der Waals surface area (Å²) in [5, 5.41) is 3.10. The molecule has 0 saturated heterocycles. The second-order valence-electron chi connectivity index (χ2n) is 4.77. The highest BCUT2D eigenvalue weighted by molar-refractivity contribution is 6.20. The topological polar surface area (TPSA) is 29.1 Å². The van der Waals surface area contributed by atoms with Crippen molar-refractivity contribution in [2.45, 2.75) is 37.0 Å².